The van der Waals surface area contributed by atoms with Crippen molar-refractivity contribution in [3.63, 3.8) is 0 Å². The number of nitrogens with one attached hydrogen (secondary N) is 1. The number of carbonyl (C=O) groups is 1. The molecule has 1 aromatic rings. The Morgan fingerprint density at radius 1 is 1.38 bits per heavy atom. The van der Waals surface area contributed by atoms with Crippen LogP contribution in [0.15, 0.2) is 12.4 Å². The van der Waals surface area contributed by atoms with Crippen molar-refractivity contribution in [2.75, 3.05) is 45.6 Å². The van der Waals surface area contributed by atoms with Crippen LogP contribution in [0.4, 0.5) is 5.82 Å². The molecule has 1 fully saturated rings. The van der Waals surface area contributed by atoms with Crippen molar-refractivity contribution in [2.24, 2.45) is 5.92 Å². The molecule has 2 heterocycles. The minimum absolute atomic E-state index is 0.0514. The van der Waals surface area contributed by atoms with Crippen LogP contribution in [0.1, 0.15) is 30.3 Å². The van der Waals surface area contributed by atoms with Gasteiger partial charge in [-0.15, -0.1) is 0 Å². The van der Waals surface area contributed by atoms with E-state index in [1.54, 1.807) is 17.3 Å². The number of nitrogens with zero attached hydrogens (tertiary/aromatic N) is 4. The van der Waals surface area contributed by atoms with Gasteiger partial charge in [0.2, 0.25) is 0 Å². The lowest BCUT2D eigenvalue weighted by molar-refractivity contribution is 0.0741. The van der Waals surface area contributed by atoms with Crippen LogP contribution in [0.5, 0.6) is 0 Å². The Morgan fingerprint density at radius 2 is 2.10 bits per heavy atom. The largest absolute Gasteiger partial charge is 0.369 e. The third-order valence-electron chi connectivity index (χ3n) is 3.95. The molecular formula is C15H25N5O. The molecule has 0 unspecified atom stereocenters. The maximum absolute atomic E-state index is 12.3. The SMILES string of the molecule is CCNc1cnc(C(=O)N(C)CC2CCN(C)CC2)cn1. The highest BCUT2D eigenvalue weighted by molar-refractivity contribution is 5.91. The van der Waals surface area contributed by atoms with E-state index in [-0.39, 0.29) is 5.91 Å². The maximum atomic E-state index is 12.3. The fourth-order valence-corrected chi connectivity index (χ4v) is 2.62. The standard InChI is InChI=1S/C15H25N5O/c1-4-16-14-10-17-13(9-18-14)15(21)20(3)11-12-5-7-19(2)8-6-12/h9-10,12H,4-8,11H2,1-3H3,(H,16,18). The number of anilines is 1. The minimum atomic E-state index is -0.0514. The van der Waals surface area contributed by atoms with Gasteiger partial charge in [-0.25, -0.2) is 9.97 Å². The van der Waals surface area contributed by atoms with Gasteiger partial charge in [-0.05, 0) is 45.8 Å². The van der Waals surface area contributed by atoms with Crippen molar-refractivity contribution in [3.05, 3.63) is 18.1 Å². The van der Waals surface area contributed by atoms with Crippen molar-refractivity contribution in [1.29, 1.82) is 0 Å². The fourth-order valence-electron chi connectivity index (χ4n) is 2.62. The molecule has 21 heavy (non-hydrogen) atoms. The molecule has 0 spiro atoms. The van der Waals surface area contributed by atoms with Gasteiger partial charge in [0.05, 0.1) is 12.4 Å². The molecule has 0 aliphatic carbocycles. The Balaban J connectivity index is 1.89. The molecule has 1 aliphatic rings. The molecule has 1 N–H and O–H groups in total. The third-order valence-corrected chi connectivity index (χ3v) is 3.95. The van der Waals surface area contributed by atoms with Crippen molar-refractivity contribution < 1.29 is 4.79 Å². The predicted octanol–water partition coefficient (Wildman–Crippen LogP) is 1.32. The smallest absolute Gasteiger partial charge is 0.273 e. The average Bonchev–Trinajstić information content (AvgIpc) is 2.50. The summed E-state index contributed by atoms with van der Waals surface area (Å²) in [5, 5.41) is 3.07. The van der Waals surface area contributed by atoms with Gasteiger partial charge >= 0.3 is 0 Å². The van der Waals surface area contributed by atoms with Crippen LogP contribution >= 0.6 is 0 Å². The van der Waals surface area contributed by atoms with Gasteiger partial charge in [-0.2, -0.15) is 0 Å². The lowest BCUT2D eigenvalue weighted by Crippen LogP contribution is -2.38. The van der Waals surface area contributed by atoms with Gasteiger partial charge in [-0.1, -0.05) is 0 Å². The Bertz CT molecular complexity index is 454. The summed E-state index contributed by atoms with van der Waals surface area (Å²) >= 11 is 0. The molecule has 1 amide bonds. The van der Waals surface area contributed by atoms with Crippen LogP contribution in [0, 0.1) is 5.92 Å². The molecule has 6 nitrogen and oxygen atoms in total. The Kier molecular flexibility index (Phi) is 5.50. The molecule has 6 heteroatoms. The highest BCUT2D eigenvalue weighted by Gasteiger charge is 2.21. The first kappa shape index (κ1) is 15.7. The summed E-state index contributed by atoms with van der Waals surface area (Å²) < 4.78 is 0. The molecule has 1 saturated heterocycles. The van der Waals surface area contributed by atoms with Crippen LogP contribution in [0.25, 0.3) is 0 Å². The zero-order valence-corrected chi connectivity index (χ0v) is 13.2. The van der Waals surface area contributed by atoms with Gasteiger partial charge in [0.1, 0.15) is 11.5 Å². The molecule has 1 aromatic heterocycles. The minimum Gasteiger partial charge on any atom is -0.369 e. The molecule has 0 radical (unpaired) electrons. The molecule has 116 valence electrons. The van der Waals surface area contributed by atoms with Crippen LogP contribution in [-0.4, -0.2) is 65.9 Å². The van der Waals surface area contributed by atoms with E-state index in [1.165, 1.54) is 0 Å². The van der Waals surface area contributed by atoms with Gasteiger partial charge in [0.25, 0.3) is 5.91 Å². The maximum Gasteiger partial charge on any atom is 0.273 e. The van der Waals surface area contributed by atoms with Gasteiger partial charge in [0.15, 0.2) is 0 Å². The summed E-state index contributed by atoms with van der Waals surface area (Å²) in [6.07, 6.45) is 5.46. The summed E-state index contributed by atoms with van der Waals surface area (Å²) in [7, 11) is 3.99. The second-order valence-electron chi connectivity index (χ2n) is 5.75. The van der Waals surface area contributed by atoms with Crippen molar-refractivity contribution in [3.8, 4) is 0 Å². The zero-order chi connectivity index (χ0) is 15.2. The number of aromatic nitrogens is 2. The van der Waals surface area contributed by atoms with Gasteiger partial charge in [-0.3, -0.25) is 4.79 Å². The summed E-state index contributed by atoms with van der Waals surface area (Å²) in [5.74, 6) is 1.24. The topological polar surface area (TPSA) is 61.4 Å². The zero-order valence-electron chi connectivity index (χ0n) is 13.2. The fraction of sp³-hybridized carbons (Fsp3) is 0.667. The van der Waals surface area contributed by atoms with Crippen molar-refractivity contribution >= 4 is 11.7 Å². The Morgan fingerprint density at radius 3 is 2.67 bits per heavy atom. The second kappa shape index (κ2) is 7.36. The second-order valence-corrected chi connectivity index (χ2v) is 5.75. The molecule has 0 atom stereocenters. The molecule has 1 aliphatic heterocycles. The summed E-state index contributed by atoms with van der Waals surface area (Å²) in [6, 6.07) is 0. The van der Waals surface area contributed by atoms with Crippen molar-refractivity contribution in [1.82, 2.24) is 19.8 Å². The highest BCUT2D eigenvalue weighted by Crippen LogP contribution is 2.17. The summed E-state index contributed by atoms with van der Waals surface area (Å²) in [6.45, 7) is 5.81. The number of likely N-dealkylation sites (tertiary alicyclic amines) is 1. The molecule has 0 aromatic carbocycles. The number of amides is 1. The molecular weight excluding hydrogens is 266 g/mol. The molecule has 2 rings (SSSR count). The van der Waals surface area contributed by atoms with Crippen LogP contribution < -0.4 is 5.32 Å². The third kappa shape index (κ3) is 4.39. The quantitative estimate of drug-likeness (QED) is 0.886. The van der Waals surface area contributed by atoms with E-state index in [0.717, 1.165) is 39.0 Å². The first-order valence-corrected chi connectivity index (χ1v) is 7.60. The van der Waals surface area contributed by atoms with Crippen LogP contribution in [-0.2, 0) is 0 Å². The highest BCUT2D eigenvalue weighted by atomic mass is 16.2. The van der Waals surface area contributed by atoms with Gasteiger partial charge in [0, 0.05) is 20.1 Å². The van der Waals surface area contributed by atoms with E-state index in [1.807, 2.05) is 14.0 Å². The van der Waals surface area contributed by atoms with E-state index < -0.39 is 0 Å². The summed E-state index contributed by atoms with van der Waals surface area (Å²) in [4.78, 5) is 24.9. The van der Waals surface area contributed by atoms with E-state index in [0.29, 0.717) is 17.4 Å². The van der Waals surface area contributed by atoms with Crippen LogP contribution in [0.2, 0.25) is 0 Å². The van der Waals surface area contributed by atoms with Gasteiger partial charge < -0.3 is 15.1 Å². The van der Waals surface area contributed by atoms with Crippen LogP contribution in [0.3, 0.4) is 0 Å². The lowest BCUT2D eigenvalue weighted by Gasteiger charge is -2.31. The first-order chi connectivity index (χ1) is 10.1. The van der Waals surface area contributed by atoms with E-state index in [2.05, 4.69) is 27.2 Å². The number of hydrogen-bond donors (Lipinski definition) is 1. The lowest BCUT2D eigenvalue weighted by atomic mass is 9.96. The van der Waals surface area contributed by atoms with E-state index in [4.69, 9.17) is 0 Å². The van der Waals surface area contributed by atoms with E-state index in [9.17, 15) is 4.79 Å². The number of hydrogen-bond acceptors (Lipinski definition) is 5. The molecule has 0 saturated carbocycles. The first-order valence-electron chi connectivity index (χ1n) is 7.60. The normalized spacial score (nSPS) is 16.7. The number of piperidine rings is 1. The Hall–Kier alpha value is -1.69. The Labute approximate surface area is 126 Å². The predicted molar refractivity (Wildman–Crippen MR) is 83.4 cm³/mol. The monoisotopic (exact) mass is 291 g/mol. The van der Waals surface area contributed by atoms with Crippen molar-refractivity contribution in [2.45, 2.75) is 19.8 Å². The molecule has 0 bridgehead atoms. The summed E-state index contributed by atoms with van der Waals surface area (Å²) in [5.41, 5.74) is 0.409. The number of carbonyl (C=O) groups excluding carboxylic acids is 1. The number of rotatable bonds is 5. The average molecular weight is 291 g/mol. The van der Waals surface area contributed by atoms with E-state index >= 15 is 0 Å².